The van der Waals surface area contributed by atoms with Crippen LogP contribution in [0.4, 0.5) is 5.69 Å². The van der Waals surface area contributed by atoms with Crippen LogP contribution < -0.4 is 10.2 Å². The Labute approximate surface area is 189 Å². The van der Waals surface area contributed by atoms with E-state index in [9.17, 15) is 9.59 Å². The van der Waals surface area contributed by atoms with Crippen molar-refractivity contribution in [3.63, 3.8) is 0 Å². The average molecular weight is 431 g/mol. The number of carbonyl (C=O) groups is 2. The van der Waals surface area contributed by atoms with Gasteiger partial charge in [0.1, 0.15) is 12.1 Å². The van der Waals surface area contributed by atoms with Gasteiger partial charge in [-0.25, -0.2) is 9.97 Å². The van der Waals surface area contributed by atoms with Crippen molar-refractivity contribution < 1.29 is 9.59 Å². The monoisotopic (exact) mass is 430 g/mol. The number of amides is 1. The summed E-state index contributed by atoms with van der Waals surface area (Å²) >= 11 is 0. The van der Waals surface area contributed by atoms with Crippen molar-refractivity contribution in [2.75, 3.05) is 4.90 Å². The summed E-state index contributed by atoms with van der Waals surface area (Å²) in [5.41, 5.74) is 1.72. The Morgan fingerprint density at radius 3 is 2.59 bits per heavy atom. The second-order valence-electron chi connectivity index (χ2n) is 8.40. The Hall–Kier alpha value is -3.38. The molecular weight excluding hydrogens is 400 g/mol. The molecule has 0 bridgehead atoms. The van der Waals surface area contributed by atoms with Gasteiger partial charge in [-0.2, -0.15) is 0 Å². The molecule has 0 aliphatic carbocycles. The highest BCUT2D eigenvalue weighted by atomic mass is 16.2. The molecule has 1 N–H and O–H groups in total. The molecule has 2 aromatic rings. The number of nitrogens with one attached hydrogen (secondary N) is 1. The Morgan fingerprint density at radius 2 is 1.94 bits per heavy atom. The number of aromatic nitrogens is 2. The molecule has 0 radical (unpaired) electrons. The van der Waals surface area contributed by atoms with E-state index in [0.717, 1.165) is 17.7 Å². The third-order valence-electron chi connectivity index (χ3n) is 5.57. The van der Waals surface area contributed by atoms with E-state index in [1.807, 2.05) is 62.1 Å². The number of carbonyl (C=O) groups excluding carboxylic acids is 2. The van der Waals surface area contributed by atoms with Crippen LogP contribution in [-0.4, -0.2) is 34.2 Å². The number of nitrogens with zero attached hydrogens (tertiary/aromatic N) is 3. The molecule has 1 aromatic carbocycles. The third kappa shape index (κ3) is 5.45. The quantitative estimate of drug-likeness (QED) is 0.475. The summed E-state index contributed by atoms with van der Waals surface area (Å²) in [5.74, 6) is 0.713. The van der Waals surface area contributed by atoms with E-state index in [1.165, 1.54) is 0 Å². The number of anilines is 1. The number of hydrogen-bond acceptors (Lipinski definition) is 5. The maximum atomic E-state index is 13.5. The number of allylic oxidation sites excluding steroid dienone is 4. The van der Waals surface area contributed by atoms with Gasteiger partial charge in [-0.1, -0.05) is 37.0 Å². The molecule has 6 heteroatoms. The number of hydrogen-bond donors (Lipinski definition) is 1. The van der Waals surface area contributed by atoms with Crippen molar-refractivity contribution in [3.8, 4) is 0 Å². The summed E-state index contributed by atoms with van der Waals surface area (Å²) in [6.07, 6.45) is 13.5. The third-order valence-corrected chi connectivity index (χ3v) is 5.57. The number of benzene rings is 1. The van der Waals surface area contributed by atoms with Gasteiger partial charge in [-0.15, -0.1) is 0 Å². The molecule has 1 amide bonds. The highest BCUT2D eigenvalue weighted by Gasteiger charge is 2.42. The normalized spacial score (nSPS) is 19.2. The first-order valence-electron chi connectivity index (χ1n) is 10.8. The molecule has 0 unspecified atom stereocenters. The van der Waals surface area contributed by atoms with Crippen molar-refractivity contribution in [2.24, 2.45) is 0 Å². The lowest BCUT2D eigenvalue weighted by molar-refractivity contribution is -0.119. The molecule has 2 atom stereocenters. The van der Waals surface area contributed by atoms with Crippen molar-refractivity contribution >= 4 is 17.9 Å². The Morgan fingerprint density at radius 1 is 1.19 bits per heavy atom. The predicted octanol–water partition coefficient (Wildman–Crippen LogP) is 4.28. The molecule has 1 saturated heterocycles. The highest BCUT2D eigenvalue weighted by Crippen LogP contribution is 2.31. The van der Waals surface area contributed by atoms with Crippen LogP contribution in [0, 0.1) is 6.92 Å². The van der Waals surface area contributed by atoms with Gasteiger partial charge >= 0.3 is 0 Å². The first-order valence-corrected chi connectivity index (χ1v) is 10.8. The summed E-state index contributed by atoms with van der Waals surface area (Å²) in [6.45, 7) is 9.58. The topological polar surface area (TPSA) is 75.2 Å². The largest absolute Gasteiger partial charge is 0.308 e. The molecule has 2 heterocycles. The van der Waals surface area contributed by atoms with E-state index in [1.54, 1.807) is 24.4 Å². The minimum absolute atomic E-state index is 0.00148. The zero-order chi connectivity index (χ0) is 23.1. The molecule has 1 fully saturated rings. The van der Waals surface area contributed by atoms with Crippen LogP contribution in [0.15, 0.2) is 73.5 Å². The SMILES string of the molecule is C=C/C=C\C=C/C[C@H]1C[C@@H](NC(C)(C)c2ccnc(C)n2)C(=O)N1c1ccc(C=O)cc1. The summed E-state index contributed by atoms with van der Waals surface area (Å²) in [5, 5.41) is 3.52. The van der Waals surface area contributed by atoms with E-state index >= 15 is 0 Å². The summed E-state index contributed by atoms with van der Waals surface area (Å²) in [6, 6.07) is 8.66. The van der Waals surface area contributed by atoms with E-state index in [2.05, 4.69) is 27.9 Å². The lowest BCUT2D eigenvalue weighted by atomic mass is 9.97. The Bertz CT molecular complexity index is 1020. The summed E-state index contributed by atoms with van der Waals surface area (Å²) < 4.78 is 0. The van der Waals surface area contributed by atoms with E-state index in [-0.39, 0.29) is 18.0 Å². The van der Waals surface area contributed by atoms with Gasteiger partial charge in [0.25, 0.3) is 0 Å². The Balaban J connectivity index is 1.85. The fourth-order valence-corrected chi connectivity index (χ4v) is 3.97. The summed E-state index contributed by atoms with van der Waals surface area (Å²) in [7, 11) is 0. The van der Waals surface area contributed by atoms with E-state index in [0.29, 0.717) is 24.2 Å². The van der Waals surface area contributed by atoms with Crippen molar-refractivity contribution in [3.05, 3.63) is 90.6 Å². The van der Waals surface area contributed by atoms with Crippen molar-refractivity contribution in [1.29, 1.82) is 0 Å². The van der Waals surface area contributed by atoms with Gasteiger partial charge in [-0.05, 0) is 63.9 Å². The number of rotatable bonds is 9. The van der Waals surface area contributed by atoms with Crippen LogP contribution in [0.5, 0.6) is 0 Å². The van der Waals surface area contributed by atoms with Gasteiger partial charge in [0.15, 0.2) is 0 Å². The molecule has 0 spiro atoms. The number of aldehydes is 1. The van der Waals surface area contributed by atoms with E-state index in [4.69, 9.17) is 0 Å². The van der Waals surface area contributed by atoms with Gasteiger partial charge in [0, 0.05) is 23.5 Å². The van der Waals surface area contributed by atoms with Gasteiger partial charge in [0.05, 0.1) is 17.3 Å². The minimum Gasteiger partial charge on any atom is -0.308 e. The standard InChI is InChI=1S/C26H30N4O2/c1-5-6-7-8-9-10-22-17-23(29-26(3,4)24-15-16-27-19(2)28-24)25(32)30(22)21-13-11-20(18-31)12-14-21/h5-9,11-16,18,22-23,29H,1,10,17H2,2-4H3/b7-6-,9-8-/t22-,23+/m0/s1. The van der Waals surface area contributed by atoms with Crippen LogP contribution >= 0.6 is 0 Å². The fraction of sp³-hybridized carbons (Fsp3) is 0.308. The minimum atomic E-state index is -0.501. The smallest absolute Gasteiger partial charge is 0.244 e. The molecule has 166 valence electrons. The van der Waals surface area contributed by atoms with Gasteiger partial charge in [0.2, 0.25) is 5.91 Å². The molecule has 6 nitrogen and oxygen atoms in total. The highest BCUT2D eigenvalue weighted by molar-refractivity contribution is 6.00. The van der Waals surface area contributed by atoms with Gasteiger partial charge in [-0.3, -0.25) is 14.9 Å². The maximum absolute atomic E-state index is 13.5. The second kappa shape index (κ2) is 10.3. The second-order valence-corrected chi connectivity index (χ2v) is 8.40. The van der Waals surface area contributed by atoms with Gasteiger partial charge < -0.3 is 4.90 Å². The van der Waals surface area contributed by atoms with Crippen LogP contribution in [0.25, 0.3) is 0 Å². The van der Waals surface area contributed by atoms with Crippen LogP contribution in [0.1, 0.15) is 48.6 Å². The summed E-state index contributed by atoms with van der Waals surface area (Å²) in [4.78, 5) is 35.1. The fourth-order valence-electron chi connectivity index (χ4n) is 3.97. The predicted molar refractivity (Wildman–Crippen MR) is 128 cm³/mol. The first-order chi connectivity index (χ1) is 15.4. The molecule has 0 saturated carbocycles. The van der Waals surface area contributed by atoms with E-state index < -0.39 is 5.54 Å². The van der Waals surface area contributed by atoms with Crippen molar-refractivity contribution in [1.82, 2.24) is 15.3 Å². The Kier molecular flexibility index (Phi) is 7.49. The molecule has 3 rings (SSSR count). The zero-order valence-corrected chi connectivity index (χ0v) is 18.9. The maximum Gasteiger partial charge on any atom is 0.244 e. The van der Waals surface area contributed by atoms with Crippen LogP contribution in [-0.2, 0) is 10.3 Å². The van der Waals surface area contributed by atoms with Crippen LogP contribution in [0.3, 0.4) is 0 Å². The number of aryl methyl sites for hydroxylation is 1. The molecule has 1 aliphatic heterocycles. The zero-order valence-electron chi connectivity index (χ0n) is 18.9. The van der Waals surface area contributed by atoms with Crippen molar-refractivity contribution in [2.45, 2.75) is 51.2 Å². The van der Waals surface area contributed by atoms with Crippen LogP contribution in [0.2, 0.25) is 0 Å². The average Bonchev–Trinajstić information content (AvgIpc) is 3.08. The molecule has 1 aromatic heterocycles. The lowest BCUT2D eigenvalue weighted by Crippen LogP contribution is -2.48. The first kappa shape index (κ1) is 23.3. The lowest BCUT2D eigenvalue weighted by Gasteiger charge is -2.29. The molecule has 32 heavy (non-hydrogen) atoms. The molecular formula is C26H30N4O2. The molecule has 1 aliphatic rings.